The number of nitrogens with one attached hydrogen (secondary N) is 1. The quantitative estimate of drug-likeness (QED) is 0.766. The first-order valence-corrected chi connectivity index (χ1v) is 6.09. The summed E-state index contributed by atoms with van der Waals surface area (Å²) in [6, 6.07) is 5.01. The monoisotopic (exact) mass is 253 g/mol. The lowest BCUT2D eigenvalue weighted by molar-refractivity contribution is -0.123. The Balaban J connectivity index is 2.20. The molecule has 2 aliphatic heterocycles. The largest absolute Gasteiger partial charge is 0.317 e. The van der Waals surface area contributed by atoms with Gasteiger partial charge in [-0.1, -0.05) is 11.6 Å². The van der Waals surface area contributed by atoms with Crippen LogP contribution >= 0.6 is 11.6 Å². The van der Waals surface area contributed by atoms with Crippen molar-refractivity contribution >= 4 is 23.2 Å². The molecule has 1 saturated heterocycles. The molecule has 2 aliphatic rings. The van der Waals surface area contributed by atoms with E-state index in [4.69, 9.17) is 15.7 Å². The van der Waals surface area contributed by atoms with Gasteiger partial charge in [0.05, 0.1) is 5.41 Å². The molecule has 1 amide bonds. The zero-order valence-electron chi connectivity index (χ0n) is 12.3. The highest BCUT2D eigenvalue weighted by atomic mass is 35.5. The Morgan fingerprint density at radius 2 is 2.24 bits per heavy atom. The highest BCUT2D eigenvalue weighted by Crippen LogP contribution is 2.47. The number of benzene rings is 1. The predicted molar refractivity (Wildman–Crippen MR) is 68.6 cm³/mol. The summed E-state index contributed by atoms with van der Waals surface area (Å²) in [6.45, 7) is -1.06. The minimum absolute atomic E-state index is 0.323. The first-order chi connectivity index (χ1) is 9.36. The summed E-state index contributed by atoms with van der Waals surface area (Å²) < 4.78 is 22.9. The third kappa shape index (κ3) is 1.42. The van der Waals surface area contributed by atoms with Gasteiger partial charge < -0.3 is 10.2 Å². The molecule has 0 radical (unpaired) electrons. The number of likely N-dealkylation sites (N-methyl/N-ethyl adjacent to an activating group) is 1. The number of halogens is 1. The fourth-order valence-electron chi connectivity index (χ4n) is 2.86. The number of carbonyl (C=O) groups is 1. The fraction of sp³-hybridized carbons (Fsp3) is 0.462. The third-order valence-corrected chi connectivity index (χ3v) is 4.02. The van der Waals surface area contributed by atoms with Crippen LogP contribution in [0.4, 0.5) is 5.69 Å². The Kier molecular flexibility index (Phi) is 1.78. The fourth-order valence-corrected chi connectivity index (χ4v) is 3.03. The maximum atomic E-state index is 12.8. The summed E-state index contributed by atoms with van der Waals surface area (Å²) in [5.74, 6) is -0.323. The molecule has 90 valence electrons. The van der Waals surface area contributed by atoms with Crippen molar-refractivity contribution in [3.8, 4) is 0 Å². The molecule has 0 unspecified atom stereocenters. The maximum absolute atomic E-state index is 12.8. The van der Waals surface area contributed by atoms with E-state index in [9.17, 15) is 4.79 Å². The second kappa shape index (κ2) is 3.72. The van der Waals surface area contributed by atoms with Crippen molar-refractivity contribution in [1.82, 2.24) is 5.32 Å². The van der Waals surface area contributed by atoms with E-state index >= 15 is 0 Å². The Morgan fingerprint density at radius 3 is 2.94 bits per heavy atom. The number of nitrogens with zero attached hydrogens (tertiary/aromatic N) is 1. The summed E-state index contributed by atoms with van der Waals surface area (Å²) in [5, 5.41) is 3.74. The summed E-state index contributed by atoms with van der Waals surface area (Å²) in [4.78, 5) is 13.8. The standard InChI is InChI=1S/C13H15ClN2O/c1-16-11-3-2-9(14)8-10(11)13(12(16)17)4-6-15-7-5-13/h2-3,8,15H,4-7H2,1H3/i1D3. The number of hydrogen-bond donors (Lipinski definition) is 1. The first-order valence-electron chi connectivity index (χ1n) is 7.22. The second-order valence-corrected chi connectivity index (χ2v) is 5.07. The Hall–Kier alpha value is -1.06. The minimum Gasteiger partial charge on any atom is -0.317 e. The summed E-state index contributed by atoms with van der Waals surface area (Å²) in [6.07, 6.45) is 1.21. The van der Waals surface area contributed by atoms with E-state index < -0.39 is 12.4 Å². The lowest BCUT2D eigenvalue weighted by Gasteiger charge is -2.32. The van der Waals surface area contributed by atoms with Crippen LogP contribution in [0.25, 0.3) is 0 Å². The molecule has 1 aromatic rings. The number of carbonyl (C=O) groups excluding carboxylic acids is 1. The van der Waals surface area contributed by atoms with Gasteiger partial charge in [0, 0.05) is 21.8 Å². The van der Waals surface area contributed by atoms with E-state index in [1.54, 1.807) is 18.2 Å². The van der Waals surface area contributed by atoms with Crippen LogP contribution < -0.4 is 10.2 Å². The molecule has 3 rings (SSSR count). The number of amides is 1. The average molecular weight is 254 g/mol. The number of fused-ring (bicyclic) bond motifs is 2. The average Bonchev–Trinajstić information content (AvgIpc) is 2.61. The Bertz CT molecular complexity index is 567. The van der Waals surface area contributed by atoms with E-state index in [0.717, 1.165) is 10.5 Å². The summed E-state index contributed by atoms with van der Waals surface area (Å²) in [7, 11) is 0. The maximum Gasteiger partial charge on any atom is 0.237 e. The molecule has 0 bridgehead atoms. The molecule has 2 heterocycles. The van der Waals surface area contributed by atoms with Gasteiger partial charge in [-0.05, 0) is 49.7 Å². The van der Waals surface area contributed by atoms with Gasteiger partial charge in [-0.2, -0.15) is 0 Å². The van der Waals surface area contributed by atoms with E-state index in [-0.39, 0.29) is 5.91 Å². The first kappa shape index (κ1) is 8.11. The van der Waals surface area contributed by atoms with E-state index in [2.05, 4.69) is 5.32 Å². The molecule has 1 spiro atoms. The van der Waals surface area contributed by atoms with E-state index in [1.807, 2.05) is 0 Å². The highest BCUT2D eigenvalue weighted by Gasteiger charge is 2.49. The van der Waals surface area contributed by atoms with Crippen molar-refractivity contribution < 1.29 is 8.91 Å². The van der Waals surface area contributed by atoms with Gasteiger partial charge in [-0.25, -0.2) is 0 Å². The van der Waals surface area contributed by atoms with Crippen LogP contribution in [0.2, 0.25) is 5.02 Å². The molecule has 3 nitrogen and oxygen atoms in total. The zero-order valence-corrected chi connectivity index (χ0v) is 10.0. The molecule has 1 fully saturated rings. The van der Waals surface area contributed by atoms with Crippen LogP contribution in [0.5, 0.6) is 0 Å². The van der Waals surface area contributed by atoms with Gasteiger partial charge >= 0.3 is 0 Å². The lowest BCUT2D eigenvalue weighted by Crippen LogP contribution is -2.46. The van der Waals surface area contributed by atoms with Crippen molar-refractivity contribution in [2.75, 3.05) is 25.0 Å². The van der Waals surface area contributed by atoms with Crippen LogP contribution in [-0.2, 0) is 10.2 Å². The van der Waals surface area contributed by atoms with Crippen molar-refractivity contribution in [1.29, 1.82) is 0 Å². The van der Waals surface area contributed by atoms with Crippen LogP contribution in [0.15, 0.2) is 18.2 Å². The SMILES string of the molecule is [2H]C([2H])([2H])N1C(=O)C2(CCNCC2)c2cc(Cl)ccc21. The van der Waals surface area contributed by atoms with Gasteiger partial charge in [0.25, 0.3) is 0 Å². The van der Waals surface area contributed by atoms with Crippen LogP contribution in [0, 0.1) is 0 Å². The second-order valence-electron chi connectivity index (χ2n) is 4.63. The zero-order chi connectivity index (χ0) is 14.5. The molecule has 0 atom stereocenters. The molecule has 0 aliphatic carbocycles. The van der Waals surface area contributed by atoms with Crippen LogP contribution in [-0.4, -0.2) is 26.0 Å². The Morgan fingerprint density at radius 1 is 1.47 bits per heavy atom. The van der Waals surface area contributed by atoms with Gasteiger partial charge in [0.15, 0.2) is 0 Å². The topological polar surface area (TPSA) is 32.3 Å². The molecule has 17 heavy (non-hydrogen) atoms. The van der Waals surface area contributed by atoms with E-state index in [0.29, 0.717) is 36.6 Å². The van der Waals surface area contributed by atoms with Crippen molar-refractivity contribution in [3.63, 3.8) is 0 Å². The molecule has 0 saturated carbocycles. The minimum atomic E-state index is -2.46. The highest BCUT2D eigenvalue weighted by molar-refractivity contribution is 6.31. The van der Waals surface area contributed by atoms with E-state index in [1.165, 1.54) is 0 Å². The van der Waals surface area contributed by atoms with Crippen LogP contribution in [0.1, 0.15) is 22.5 Å². The predicted octanol–water partition coefficient (Wildman–Crippen LogP) is 1.94. The van der Waals surface area contributed by atoms with Crippen LogP contribution in [0.3, 0.4) is 0 Å². The van der Waals surface area contributed by atoms with Crippen molar-refractivity contribution in [2.45, 2.75) is 18.3 Å². The smallest absolute Gasteiger partial charge is 0.237 e. The van der Waals surface area contributed by atoms with Gasteiger partial charge in [-0.3, -0.25) is 4.79 Å². The molecular formula is C13H15ClN2O. The molecule has 4 heteroatoms. The molecule has 0 aromatic heterocycles. The lowest BCUT2D eigenvalue weighted by atomic mass is 9.74. The number of anilines is 1. The van der Waals surface area contributed by atoms with Gasteiger partial charge in [0.1, 0.15) is 0 Å². The number of rotatable bonds is 0. The van der Waals surface area contributed by atoms with Gasteiger partial charge in [0.2, 0.25) is 5.91 Å². The normalized spacial score (nSPS) is 25.4. The summed E-state index contributed by atoms with van der Waals surface area (Å²) >= 11 is 6.05. The van der Waals surface area contributed by atoms with Gasteiger partial charge in [-0.15, -0.1) is 0 Å². The number of piperidine rings is 1. The Labute approximate surface area is 110 Å². The molecule has 1 aromatic carbocycles. The number of hydrogen-bond acceptors (Lipinski definition) is 2. The summed E-state index contributed by atoms with van der Waals surface area (Å²) in [5.41, 5.74) is 0.494. The third-order valence-electron chi connectivity index (χ3n) is 3.78. The van der Waals surface area contributed by atoms with Crippen molar-refractivity contribution in [2.24, 2.45) is 0 Å². The molecular weight excluding hydrogens is 236 g/mol. The van der Waals surface area contributed by atoms with Crippen molar-refractivity contribution in [3.05, 3.63) is 28.8 Å². The molecule has 1 N–H and O–H groups in total.